The zero-order valence-electron chi connectivity index (χ0n) is 17.5. The van der Waals surface area contributed by atoms with Crippen molar-refractivity contribution in [3.8, 4) is 5.75 Å². The van der Waals surface area contributed by atoms with Crippen LogP contribution in [0.15, 0.2) is 77.3 Å². The Morgan fingerprint density at radius 1 is 0.970 bits per heavy atom. The summed E-state index contributed by atoms with van der Waals surface area (Å²) in [6.45, 7) is 0. The van der Waals surface area contributed by atoms with E-state index in [-0.39, 0.29) is 17.9 Å². The van der Waals surface area contributed by atoms with Gasteiger partial charge in [0.05, 0.1) is 0 Å². The fourth-order valence-corrected chi connectivity index (χ4v) is 8.25. The first-order valence-corrected chi connectivity index (χ1v) is 12.9. The number of para-hydroxylation sites is 2. The molecular formula is C26H19BrN2O3S. The van der Waals surface area contributed by atoms with Crippen LogP contribution < -0.4 is 10.1 Å². The Bertz CT molecular complexity index is 1270. The van der Waals surface area contributed by atoms with Gasteiger partial charge in [-0.2, -0.15) is 0 Å². The van der Waals surface area contributed by atoms with E-state index in [1.165, 1.54) is 0 Å². The van der Waals surface area contributed by atoms with E-state index in [9.17, 15) is 9.59 Å². The molecule has 4 atom stereocenters. The van der Waals surface area contributed by atoms with Crippen LogP contribution in [0.2, 0.25) is 0 Å². The highest BCUT2D eigenvalue weighted by molar-refractivity contribution is 9.10. The number of halogens is 1. The molecule has 2 fully saturated rings. The van der Waals surface area contributed by atoms with Crippen molar-refractivity contribution < 1.29 is 14.3 Å². The molecule has 0 aliphatic carbocycles. The third-order valence-corrected chi connectivity index (χ3v) is 9.28. The van der Waals surface area contributed by atoms with Crippen LogP contribution in [0, 0.1) is 0 Å². The molecule has 2 saturated heterocycles. The molecule has 5 nitrogen and oxygen atoms in total. The fraction of sp³-hybridized carbons (Fsp3) is 0.231. The third kappa shape index (κ3) is 2.23. The van der Waals surface area contributed by atoms with Crippen molar-refractivity contribution in [2.45, 2.75) is 22.9 Å². The topological polar surface area (TPSA) is 58.6 Å². The number of anilines is 1. The Labute approximate surface area is 203 Å². The highest BCUT2D eigenvalue weighted by Crippen LogP contribution is 2.69. The summed E-state index contributed by atoms with van der Waals surface area (Å²) >= 11 is 5.31. The average Bonchev–Trinajstić information content (AvgIpc) is 3.54. The Morgan fingerprint density at radius 2 is 1.70 bits per heavy atom. The van der Waals surface area contributed by atoms with E-state index in [0.717, 1.165) is 32.6 Å². The maximum absolute atomic E-state index is 14.1. The van der Waals surface area contributed by atoms with Crippen LogP contribution in [0.3, 0.4) is 0 Å². The van der Waals surface area contributed by atoms with Crippen LogP contribution in [0.25, 0.3) is 0 Å². The molecule has 3 aromatic rings. The van der Waals surface area contributed by atoms with Crippen molar-refractivity contribution in [2.75, 3.05) is 16.9 Å². The van der Waals surface area contributed by atoms with Gasteiger partial charge in [-0.15, -0.1) is 11.8 Å². The molecule has 4 heterocycles. The minimum absolute atomic E-state index is 0.0711. The van der Waals surface area contributed by atoms with E-state index in [1.807, 2.05) is 72.8 Å². The van der Waals surface area contributed by atoms with Crippen LogP contribution in [0.5, 0.6) is 5.75 Å². The molecule has 0 saturated carbocycles. The minimum Gasteiger partial charge on any atom is -0.425 e. The summed E-state index contributed by atoms with van der Waals surface area (Å²) < 4.78 is 6.89. The molecule has 0 unspecified atom stereocenters. The minimum atomic E-state index is -1.00. The number of esters is 1. The van der Waals surface area contributed by atoms with E-state index >= 15 is 0 Å². The van der Waals surface area contributed by atoms with Crippen LogP contribution in [-0.4, -0.2) is 34.4 Å². The first-order valence-electron chi connectivity index (χ1n) is 10.9. The van der Waals surface area contributed by atoms with Gasteiger partial charge < -0.3 is 10.1 Å². The summed E-state index contributed by atoms with van der Waals surface area (Å²) in [5, 5.41) is 3.15. The van der Waals surface area contributed by atoms with E-state index in [4.69, 9.17) is 4.74 Å². The van der Waals surface area contributed by atoms with Crippen molar-refractivity contribution >= 4 is 45.3 Å². The maximum atomic E-state index is 14.1. The quantitative estimate of drug-likeness (QED) is 0.376. The third-order valence-electron chi connectivity index (χ3n) is 7.74. The Morgan fingerprint density at radius 3 is 2.52 bits per heavy atom. The van der Waals surface area contributed by atoms with Gasteiger partial charge in [0.1, 0.15) is 16.7 Å². The smallest absolute Gasteiger partial charge is 0.324 e. The first kappa shape index (κ1) is 19.8. The number of nitrogens with zero attached hydrogens (tertiary/aromatic N) is 1. The number of hydrogen-bond acceptors (Lipinski definition) is 5. The summed E-state index contributed by atoms with van der Waals surface area (Å²) in [5.74, 6) is 1.26. The van der Waals surface area contributed by atoms with Gasteiger partial charge in [-0.3, -0.25) is 14.5 Å². The number of benzene rings is 3. The molecule has 1 amide bonds. The predicted octanol–water partition coefficient (Wildman–Crippen LogP) is 4.63. The first-order chi connectivity index (χ1) is 16.1. The van der Waals surface area contributed by atoms with E-state index in [1.54, 1.807) is 11.8 Å². The van der Waals surface area contributed by atoms with Crippen LogP contribution in [0.4, 0.5) is 5.69 Å². The van der Waals surface area contributed by atoms with Gasteiger partial charge >= 0.3 is 5.97 Å². The Kier molecular flexibility index (Phi) is 4.03. The number of carbonyl (C=O) groups excluding carboxylic acids is 2. The number of fused-ring (bicyclic) bond motifs is 7. The van der Waals surface area contributed by atoms with Gasteiger partial charge in [0, 0.05) is 44.9 Å². The standard InChI is InChI=1S/C26H19BrN2O3S/c27-16-11-9-15(10-12-16)22-25(18-6-2-4-8-20(18)32-24(25)31)21-13-33-14-29(21)26(22)17-5-1-3-7-19(17)28-23(26)30/h1-12,21-22H,13-14H2,(H,28,30)/t21-,22-,25+,26+/m0/s1. The van der Waals surface area contributed by atoms with Crippen molar-refractivity contribution in [2.24, 2.45) is 0 Å². The number of thioether (sulfide) groups is 1. The number of carbonyl (C=O) groups is 2. The molecule has 4 aliphatic heterocycles. The summed E-state index contributed by atoms with van der Waals surface area (Å²) in [6, 6.07) is 23.5. The van der Waals surface area contributed by atoms with Gasteiger partial charge in [-0.05, 0) is 29.8 Å². The van der Waals surface area contributed by atoms with Crippen LogP contribution >= 0.6 is 27.7 Å². The number of amides is 1. The zero-order chi connectivity index (χ0) is 22.4. The molecule has 3 aromatic carbocycles. The van der Waals surface area contributed by atoms with Crippen LogP contribution in [0.1, 0.15) is 22.6 Å². The van der Waals surface area contributed by atoms with E-state index < -0.39 is 16.9 Å². The molecule has 0 radical (unpaired) electrons. The van der Waals surface area contributed by atoms with Gasteiger partial charge in [0.15, 0.2) is 0 Å². The normalized spacial score (nSPS) is 31.5. The zero-order valence-corrected chi connectivity index (χ0v) is 19.9. The number of ether oxygens (including phenoxy) is 1. The summed E-state index contributed by atoms with van der Waals surface area (Å²) in [5.41, 5.74) is 1.60. The fourth-order valence-electron chi connectivity index (χ4n) is 6.63. The lowest BCUT2D eigenvalue weighted by molar-refractivity contribution is -0.139. The largest absolute Gasteiger partial charge is 0.425 e. The molecule has 7 heteroatoms. The lowest BCUT2D eigenvalue weighted by Crippen LogP contribution is -2.50. The Hall–Kier alpha value is -2.61. The Balaban J connectivity index is 1.62. The molecule has 2 spiro atoms. The molecular weight excluding hydrogens is 500 g/mol. The second-order valence-electron chi connectivity index (χ2n) is 8.99. The second-order valence-corrected chi connectivity index (χ2v) is 10.9. The SMILES string of the molecule is O=C1Oc2ccccc2[C@]12[C@@H]1CSCN1[C@@]1(C(=O)Nc3ccccc31)[C@H]2c1ccc(Br)cc1. The van der Waals surface area contributed by atoms with Gasteiger partial charge in [-0.1, -0.05) is 64.5 Å². The summed E-state index contributed by atoms with van der Waals surface area (Å²) in [4.78, 5) is 30.4. The molecule has 0 bridgehead atoms. The highest BCUT2D eigenvalue weighted by Gasteiger charge is 2.78. The molecule has 33 heavy (non-hydrogen) atoms. The van der Waals surface area contributed by atoms with Crippen molar-refractivity contribution in [3.63, 3.8) is 0 Å². The van der Waals surface area contributed by atoms with Gasteiger partial charge in [0.2, 0.25) is 5.91 Å². The molecule has 4 aliphatic rings. The lowest BCUT2D eigenvalue weighted by atomic mass is 9.60. The number of hydrogen-bond donors (Lipinski definition) is 1. The van der Waals surface area contributed by atoms with E-state index in [2.05, 4.69) is 26.1 Å². The van der Waals surface area contributed by atoms with Crippen molar-refractivity contribution in [3.05, 3.63) is 94.0 Å². The monoisotopic (exact) mass is 518 g/mol. The number of nitrogens with one attached hydrogen (secondary N) is 1. The highest BCUT2D eigenvalue weighted by atomic mass is 79.9. The molecule has 164 valence electrons. The average molecular weight is 519 g/mol. The lowest BCUT2D eigenvalue weighted by Gasteiger charge is -2.39. The van der Waals surface area contributed by atoms with E-state index in [0.29, 0.717) is 11.6 Å². The second kappa shape index (κ2) is 6.72. The summed E-state index contributed by atoms with van der Waals surface area (Å²) in [7, 11) is 0. The summed E-state index contributed by atoms with van der Waals surface area (Å²) in [6.07, 6.45) is 0. The predicted molar refractivity (Wildman–Crippen MR) is 130 cm³/mol. The van der Waals surface area contributed by atoms with Gasteiger partial charge in [0.25, 0.3) is 0 Å². The van der Waals surface area contributed by atoms with Crippen molar-refractivity contribution in [1.82, 2.24) is 4.90 Å². The number of rotatable bonds is 1. The molecule has 0 aromatic heterocycles. The maximum Gasteiger partial charge on any atom is 0.324 e. The van der Waals surface area contributed by atoms with Gasteiger partial charge in [-0.25, -0.2) is 0 Å². The van der Waals surface area contributed by atoms with Crippen LogP contribution in [-0.2, 0) is 20.5 Å². The van der Waals surface area contributed by atoms with Crippen molar-refractivity contribution in [1.29, 1.82) is 0 Å². The molecule has 1 N–H and O–H groups in total. The molecule has 7 rings (SSSR count).